The van der Waals surface area contributed by atoms with Gasteiger partial charge in [-0.25, -0.2) is 4.39 Å². The first-order valence-electron chi connectivity index (χ1n) is 11.5. The lowest BCUT2D eigenvalue weighted by Gasteiger charge is -2.44. The molecule has 0 atom stereocenters. The monoisotopic (exact) mass is 421 g/mol. The normalized spacial score (nSPS) is 25.1. The fourth-order valence-electron chi connectivity index (χ4n) is 5.04. The van der Waals surface area contributed by atoms with Crippen molar-refractivity contribution in [3.63, 3.8) is 0 Å². The second-order valence-corrected chi connectivity index (χ2v) is 8.82. The van der Waals surface area contributed by atoms with Crippen LogP contribution in [0.15, 0.2) is 54.6 Å². The Kier molecular flexibility index (Phi) is 7.21. The number of piperazine rings is 1. The van der Waals surface area contributed by atoms with E-state index in [1.807, 2.05) is 18.2 Å². The minimum Gasteiger partial charge on any atom is -0.494 e. The van der Waals surface area contributed by atoms with E-state index >= 15 is 0 Å². The van der Waals surface area contributed by atoms with Crippen LogP contribution in [0.5, 0.6) is 5.75 Å². The predicted octanol–water partition coefficient (Wildman–Crippen LogP) is 4.62. The van der Waals surface area contributed by atoms with Gasteiger partial charge in [-0.05, 0) is 61.9 Å². The molecule has 0 amide bonds. The molecule has 2 fully saturated rings. The van der Waals surface area contributed by atoms with Crippen molar-refractivity contribution in [2.24, 2.45) is 0 Å². The molecule has 4 rings (SSSR count). The first-order valence-corrected chi connectivity index (χ1v) is 11.5. The van der Waals surface area contributed by atoms with Crippen LogP contribution in [-0.2, 0) is 5.41 Å². The Balaban J connectivity index is 1.17. The maximum atomic E-state index is 12.9. The molecule has 164 valence electrons. The van der Waals surface area contributed by atoms with E-state index in [0.717, 1.165) is 70.6 Å². The lowest BCUT2D eigenvalue weighted by atomic mass is 9.69. The molecule has 5 heteroatoms. The first kappa shape index (κ1) is 21.8. The molecule has 2 aromatic rings. The van der Waals surface area contributed by atoms with E-state index in [4.69, 9.17) is 4.74 Å². The lowest BCUT2D eigenvalue weighted by molar-refractivity contribution is 0.0686. The number of hydrogen-bond acceptors (Lipinski definition) is 4. The third kappa shape index (κ3) is 5.44. The zero-order valence-corrected chi connectivity index (χ0v) is 18.2. The van der Waals surface area contributed by atoms with Crippen LogP contribution in [0.2, 0.25) is 0 Å². The molecule has 0 radical (unpaired) electrons. The highest BCUT2D eigenvalue weighted by molar-refractivity contribution is 5.33. The number of halogens is 1. The van der Waals surface area contributed by atoms with Crippen molar-refractivity contribution in [3.05, 3.63) is 66.0 Å². The molecular weight excluding hydrogens is 389 g/mol. The van der Waals surface area contributed by atoms with Crippen molar-refractivity contribution in [1.82, 2.24) is 9.80 Å². The van der Waals surface area contributed by atoms with Gasteiger partial charge in [0, 0.05) is 38.8 Å². The molecule has 4 nitrogen and oxygen atoms in total. The summed E-state index contributed by atoms with van der Waals surface area (Å²) in [4.78, 5) is 5.15. The van der Waals surface area contributed by atoms with E-state index in [1.165, 1.54) is 17.7 Å². The van der Waals surface area contributed by atoms with Gasteiger partial charge in [0.25, 0.3) is 0 Å². The van der Waals surface area contributed by atoms with E-state index in [-0.39, 0.29) is 11.2 Å². The van der Waals surface area contributed by atoms with Gasteiger partial charge in [-0.3, -0.25) is 4.90 Å². The molecule has 1 aliphatic carbocycles. The molecule has 1 saturated carbocycles. The summed E-state index contributed by atoms with van der Waals surface area (Å²) < 4.78 is 18.6. The van der Waals surface area contributed by atoms with Crippen LogP contribution >= 0.6 is 0 Å². The fraction of sp³-hybridized carbons (Fsp3) is 0.500. The topological polar surface area (TPSA) is 39.5 Å². The van der Waals surface area contributed by atoms with Crippen LogP contribution in [0.1, 0.15) is 37.7 Å². The van der Waals surface area contributed by atoms with E-state index in [2.05, 4.69) is 28.0 Å². The Bertz CT molecular complexity index is 848. The largest absolute Gasteiger partial charge is 0.494 e. The van der Waals surface area contributed by atoms with E-state index in [0.29, 0.717) is 12.6 Å². The second kappa shape index (κ2) is 10.3. The molecule has 0 spiro atoms. The Hall–Kier alpha value is -2.42. The van der Waals surface area contributed by atoms with Gasteiger partial charge in [0.05, 0.1) is 18.1 Å². The van der Waals surface area contributed by atoms with Gasteiger partial charge in [0.2, 0.25) is 0 Å². The molecule has 0 bridgehead atoms. The highest BCUT2D eigenvalue weighted by atomic mass is 19.1. The van der Waals surface area contributed by atoms with Crippen LogP contribution in [0.3, 0.4) is 0 Å². The SMILES string of the molecule is N#CC1(c2ccccc2)CCC(N2CCN(CCCOc3ccc(F)cc3)CC2)CC1. The number of ether oxygens (including phenoxy) is 1. The first-order chi connectivity index (χ1) is 15.2. The van der Waals surface area contributed by atoms with Crippen LogP contribution in [0.25, 0.3) is 0 Å². The van der Waals surface area contributed by atoms with Gasteiger partial charge in [-0.2, -0.15) is 5.26 Å². The zero-order valence-electron chi connectivity index (χ0n) is 18.2. The second-order valence-electron chi connectivity index (χ2n) is 8.82. The van der Waals surface area contributed by atoms with Crippen molar-refractivity contribution < 1.29 is 9.13 Å². The van der Waals surface area contributed by atoms with Crippen molar-refractivity contribution in [2.75, 3.05) is 39.3 Å². The Morgan fingerprint density at radius 2 is 1.65 bits per heavy atom. The van der Waals surface area contributed by atoms with E-state index < -0.39 is 0 Å². The number of benzene rings is 2. The highest BCUT2D eigenvalue weighted by Crippen LogP contribution is 2.40. The summed E-state index contributed by atoms with van der Waals surface area (Å²) in [5.41, 5.74) is 0.882. The molecule has 31 heavy (non-hydrogen) atoms. The van der Waals surface area contributed by atoms with Gasteiger partial charge in [-0.1, -0.05) is 30.3 Å². The molecule has 0 N–H and O–H groups in total. The molecule has 2 aromatic carbocycles. The number of rotatable bonds is 7. The summed E-state index contributed by atoms with van der Waals surface area (Å²) in [6, 6.07) is 19.8. The zero-order chi connectivity index (χ0) is 21.5. The molecule has 1 heterocycles. The van der Waals surface area contributed by atoms with Crippen LogP contribution in [0, 0.1) is 17.1 Å². The van der Waals surface area contributed by atoms with Crippen LogP contribution in [0.4, 0.5) is 4.39 Å². The fourth-order valence-corrected chi connectivity index (χ4v) is 5.04. The maximum Gasteiger partial charge on any atom is 0.123 e. The van der Waals surface area contributed by atoms with Crippen molar-refractivity contribution >= 4 is 0 Å². The van der Waals surface area contributed by atoms with E-state index in [1.54, 1.807) is 12.1 Å². The number of hydrogen-bond donors (Lipinski definition) is 0. The quantitative estimate of drug-likeness (QED) is 0.612. The summed E-state index contributed by atoms with van der Waals surface area (Å²) in [7, 11) is 0. The third-order valence-electron chi connectivity index (χ3n) is 6.97. The van der Waals surface area contributed by atoms with Gasteiger partial charge >= 0.3 is 0 Å². The van der Waals surface area contributed by atoms with Gasteiger partial charge in [-0.15, -0.1) is 0 Å². The standard InChI is InChI=1S/C26H32FN3O/c27-23-7-9-25(10-8-23)31-20-4-15-29-16-18-30(19-17-29)24-11-13-26(21-28,14-12-24)22-5-2-1-3-6-22/h1-3,5-10,24H,4,11-20H2. The van der Waals surface area contributed by atoms with Gasteiger partial charge < -0.3 is 9.64 Å². The Morgan fingerprint density at radius 1 is 0.968 bits per heavy atom. The third-order valence-corrected chi connectivity index (χ3v) is 6.97. The molecule has 1 saturated heterocycles. The average molecular weight is 422 g/mol. The molecule has 1 aliphatic heterocycles. The highest BCUT2D eigenvalue weighted by Gasteiger charge is 2.39. The minimum absolute atomic E-state index is 0.235. The van der Waals surface area contributed by atoms with Gasteiger partial charge in [0.15, 0.2) is 0 Å². The van der Waals surface area contributed by atoms with Crippen LogP contribution < -0.4 is 4.74 Å². The number of nitrogens with zero attached hydrogens (tertiary/aromatic N) is 3. The summed E-state index contributed by atoms with van der Waals surface area (Å²) in [6.45, 7) is 6.09. The van der Waals surface area contributed by atoms with Gasteiger partial charge in [0.1, 0.15) is 11.6 Å². The Morgan fingerprint density at radius 3 is 2.29 bits per heavy atom. The maximum absolute atomic E-state index is 12.9. The van der Waals surface area contributed by atoms with Crippen molar-refractivity contribution in [3.8, 4) is 11.8 Å². The van der Waals surface area contributed by atoms with Crippen molar-refractivity contribution in [2.45, 2.75) is 43.6 Å². The molecule has 0 unspecified atom stereocenters. The predicted molar refractivity (Wildman–Crippen MR) is 121 cm³/mol. The minimum atomic E-state index is -0.301. The number of nitriles is 1. The molecular formula is C26H32FN3O. The summed E-state index contributed by atoms with van der Waals surface area (Å²) in [6.07, 6.45) is 5.10. The van der Waals surface area contributed by atoms with Crippen LogP contribution in [-0.4, -0.2) is 55.2 Å². The average Bonchev–Trinajstić information content (AvgIpc) is 2.84. The summed E-state index contributed by atoms with van der Waals surface area (Å²) >= 11 is 0. The summed E-state index contributed by atoms with van der Waals surface area (Å²) in [5, 5.41) is 9.92. The van der Waals surface area contributed by atoms with E-state index in [9.17, 15) is 9.65 Å². The molecule has 0 aromatic heterocycles. The Labute approximate surface area is 185 Å². The summed E-state index contributed by atoms with van der Waals surface area (Å²) in [5.74, 6) is 0.494. The smallest absolute Gasteiger partial charge is 0.123 e. The lowest BCUT2D eigenvalue weighted by Crippen LogP contribution is -2.52. The van der Waals surface area contributed by atoms with Crippen molar-refractivity contribution in [1.29, 1.82) is 5.26 Å². The molecule has 2 aliphatic rings.